The minimum absolute atomic E-state index is 0.0848. The summed E-state index contributed by atoms with van der Waals surface area (Å²) in [6.45, 7) is 3.17. The van der Waals surface area contributed by atoms with Crippen LogP contribution in [0.4, 0.5) is 19.4 Å². The van der Waals surface area contributed by atoms with E-state index in [1.54, 1.807) is 12.3 Å². The van der Waals surface area contributed by atoms with E-state index in [0.717, 1.165) is 29.7 Å². The molecule has 0 aliphatic heterocycles. The predicted octanol–water partition coefficient (Wildman–Crippen LogP) is 5.17. The number of hydrogen-bond donors (Lipinski definition) is 2. The van der Waals surface area contributed by atoms with Crippen molar-refractivity contribution in [2.45, 2.75) is 45.7 Å². The van der Waals surface area contributed by atoms with Crippen LogP contribution in [0.25, 0.3) is 10.8 Å². The number of ether oxygens (including phenoxy) is 1. The third-order valence-electron chi connectivity index (χ3n) is 5.33. The third kappa shape index (κ3) is 6.71. The Labute approximate surface area is 197 Å². The zero-order valence-electron chi connectivity index (χ0n) is 19.2. The number of anilines is 1. The fourth-order valence-corrected chi connectivity index (χ4v) is 3.54. The highest BCUT2D eigenvalue weighted by molar-refractivity contribution is 5.89. The number of nitrogens with one attached hydrogen (secondary N) is 2. The molecule has 3 rings (SSSR count). The molecule has 0 aliphatic carbocycles. The summed E-state index contributed by atoms with van der Waals surface area (Å²) in [6, 6.07) is 12.7. The van der Waals surface area contributed by atoms with Gasteiger partial charge in [0.25, 0.3) is 0 Å². The van der Waals surface area contributed by atoms with Crippen molar-refractivity contribution in [2.75, 3.05) is 11.9 Å². The number of aromatic nitrogens is 1. The van der Waals surface area contributed by atoms with Crippen LogP contribution in [0.2, 0.25) is 0 Å². The first-order valence-corrected chi connectivity index (χ1v) is 11.1. The van der Waals surface area contributed by atoms with Crippen LogP contribution in [-0.4, -0.2) is 34.6 Å². The van der Waals surface area contributed by atoms with Crippen LogP contribution < -0.4 is 10.7 Å². The molecular weight excluding hydrogens is 442 g/mol. The Morgan fingerprint density at radius 1 is 1.12 bits per heavy atom. The maximum absolute atomic E-state index is 14.0. The molecule has 9 heteroatoms. The van der Waals surface area contributed by atoms with Gasteiger partial charge in [0.1, 0.15) is 12.4 Å². The number of unbranched alkanes of at least 4 members (excludes halogenated alkanes) is 1. The van der Waals surface area contributed by atoms with Crippen molar-refractivity contribution in [2.24, 2.45) is 0 Å². The lowest BCUT2D eigenvalue weighted by molar-refractivity contribution is -0.136. The third-order valence-corrected chi connectivity index (χ3v) is 5.33. The normalized spacial score (nSPS) is 11.8. The average Bonchev–Trinajstić information content (AvgIpc) is 2.82. The van der Waals surface area contributed by atoms with E-state index in [0.29, 0.717) is 12.2 Å². The predicted molar refractivity (Wildman–Crippen MR) is 126 cm³/mol. The number of carbonyl (C=O) groups is 2. The van der Waals surface area contributed by atoms with E-state index in [-0.39, 0.29) is 24.6 Å². The zero-order valence-corrected chi connectivity index (χ0v) is 19.2. The molecule has 2 aromatic carbocycles. The second-order valence-electron chi connectivity index (χ2n) is 7.87. The molecule has 34 heavy (non-hydrogen) atoms. The van der Waals surface area contributed by atoms with Gasteiger partial charge >= 0.3 is 6.09 Å². The smallest absolute Gasteiger partial charge is 0.412 e. The number of hydrogen-bond acceptors (Lipinski definition) is 5. The fraction of sp³-hybridized carbons (Fsp3) is 0.320. The van der Waals surface area contributed by atoms with Gasteiger partial charge in [0.15, 0.2) is 11.6 Å². The van der Waals surface area contributed by atoms with Crippen LogP contribution in [-0.2, 0) is 16.1 Å². The number of nitrogens with zero attached hydrogens (tertiary/aromatic N) is 2. The maximum Gasteiger partial charge on any atom is 0.412 e. The lowest BCUT2D eigenvalue weighted by Gasteiger charge is -2.31. The number of rotatable bonds is 10. The van der Waals surface area contributed by atoms with Crippen molar-refractivity contribution in [3.05, 3.63) is 71.9 Å². The van der Waals surface area contributed by atoms with Crippen LogP contribution in [0, 0.1) is 11.6 Å². The molecule has 0 saturated heterocycles. The quantitative estimate of drug-likeness (QED) is 0.399. The van der Waals surface area contributed by atoms with Crippen molar-refractivity contribution in [3.63, 3.8) is 0 Å². The highest BCUT2D eigenvalue weighted by Crippen LogP contribution is 2.17. The van der Waals surface area contributed by atoms with Gasteiger partial charge in [0.05, 0.1) is 6.04 Å². The molecule has 1 heterocycles. The first-order chi connectivity index (χ1) is 16.4. The van der Waals surface area contributed by atoms with Crippen LogP contribution in [0.1, 0.15) is 38.7 Å². The van der Waals surface area contributed by atoms with E-state index in [2.05, 4.69) is 15.7 Å². The maximum atomic E-state index is 14.0. The molecule has 0 saturated carbocycles. The summed E-state index contributed by atoms with van der Waals surface area (Å²) in [6.07, 6.45) is 3.15. The van der Waals surface area contributed by atoms with E-state index >= 15 is 0 Å². The molecule has 0 fully saturated rings. The standard InChI is InChI=1S/C25H28F2N4O3/c1-3-4-11-21(31(17(2)32)29-15-20-10-7-12-22(26)24(20)27)16-34-25(33)30-23-13-18-8-5-6-9-19(18)14-28-23/h5-10,12-14,21,29H,3-4,11,15-16H2,1-2H3,(H,28,30,33)/t21-/m0/s1. The number of carbonyl (C=O) groups excluding carboxylic acids is 2. The second kappa shape index (κ2) is 12.0. The SMILES string of the molecule is CCCC[C@@H](COC(=O)Nc1cc2ccccc2cn1)N(NCc1cccc(F)c1F)C(C)=O. The summed E-state index contributed by atoms with van der Waals surface area (Å²) < 4.78 is 32.9. The first kappa shape index (κ1) is 25.0. The van der Waals surface area contributed by atoms with E-state index in [1.165, 1.54) is 24.1 Å². The Balaban J connectivity index is 1.64. The topological polar surface area (TPSA) is 83.6 Å². The Hall–Kier alpha value is -3.59. The van der Waals surface area contributed by atoms with Gasteiger partial charge in [-0.3, -0.25) is 15.1 Å². The molecule has 1 aromatic heterocycles. The monoisotopic (exact) mass is 470 g/mol. The highest BCUT2D eigenvalue weighted by atomic mass is 19.2. The van der Waals surface area contributed by atoms with E-state index in [1.807, 2.05) is 31.2 Å². The molecule has 0 bridgehead atoms. The molecule has 1 atom stereocenters. The number of fused-ring (bicyclic) bond motifs is 1. The fourth-order valence-electron chi connectivity index (χ4n) is 3.54. The molecule has 180 valence electrons. The molecule has 3 aromatic rings. The number of benzene rings is 2. The van der Waals surface area contributed by atoms with Crippen molar-refractivity contribution in [1.29, 1.82) is 0 Å². The highest BCUT2D eigenvalue weighted by Gasteiger charge is 2.23. The summed E-state index contributed by atoms with van der Waals surface area (Å²) >= 11 is 0. The van der Waals surface area contributed by atoms with Gasteiger partial charge in [-0.15, -0.1) is 0 Å². The van der Waals surface area contributed by atoms with Crippen molar-refractivity contribution < 1.29 is 23.1 Å². The summed E-state index contributed by atoms with van der Waals surface area (Å²) in [5.41, 5.74) is 2.94. The lowest BCUT2D eigenvalue weighted by atomic mass is 10.1. The van der Waals surface area contributed by atoms with Gasteiger partial charge in [0, 0.05) is 30.6 Å². The van der Waals surface area contributed by atoms with E-state index < -0.39 is 23.8 Å². The molecular formula is C25H28F2N4O3. The number of hydrazine groups is 1. The lowest BCUT2D eigenvalue weighted by Crippen LogP contribution is -2.50. The Morgan fingerprint density at radius 3 is 2.62 bits per heavy atom. The molecule has 2 N–H and O–H groups in total. The van der Waals surface area contributed by atoms with E-state index in [4.69, 9.17) is 4.74 Å². The molecule has 0 unspecified atom stereocenters. The largest absolute Gasteiger partial charge is 0.447 e. The van der Waals surface area contributed by atoms with Gasteiger partial charge < -0.3 is 4.74 Å². The average molecular weight is 471 g/mol. The Kier molecular flexibility index (Phi) is 8.86. The van der Waals surface area contributed by atoms with E-state index in [9.17, 15) is 18.4 Å². The van der Waals surface area contributed by atoms with Gasteiger partial charge in [-0.2, -0.15) is 0 Å². The number of halogens is 2. The first-order valence-electron chi connectivity index (χ1n) is 11.1. The van der Waals surface area contributed by atoms with Gasteiger partial charge in [-0.05, 0) is 23.9 Å². The molecule has 0 spiro atoms. The molecule has 2 amide bonds. The van der Waals surface area contributed by atoms with Crippen LogP contribution in [0.15, 0.2) is 54.7 Å². The number of pyridine rings is 1. The molecule has 0 aliphatic rings. The van der Waals surface area contributed by atoms with Crippen LogP contribution in [0.3, 0.4) is 0 Å². The Morgan fingerprint density at radius 2 is 1.88 bits per heavy atom. The van der Waals surface area contributed by atoms with Gasteiger partial charge in [-0.1, -0.05) is 56.2 Å². The Bertz CT molecular complexity index is 1140. The second-order valence-corrected chi connectivity index (χ2v) is 7.87. The summed E-state index contributed by atoms with van der Waals surface area (Å²) in [4.78, 5) is 28.9. The van der Waals surface area contributed by atoms with Crippen LogP contribution in [0.5, 0.6) is 0 Å². The minimum Gasteiger partial charge on any atom is -0.447 e. The zero-order chi connectivity index (χ0) is 24.5. The van der Waals surface area contributed by atoms with Crippen molar-refractivity contribution in [3.8, 4) is 0 Å². The van der Waals surface area contributed by atoms with Crippen molar-refractivity contribution >= 4 is 28.6 Å². The summed E-state index contributed by atoms with van der Waals surface area (Å²) in [5, 5.41) is 5.77. The van der Waals surface area contributed by atoms with Crippen molar-refractivity contribution in [1.82, 2.24) is 15.4 Å². The minimum atomic E-state index is -0.970. The molecule has 0 radical (unpaired) electrons. The van der Waals surface area contributed by atoms with Gasteiger partial charge in [0.2, 0.25) is 5.91 Å². The van der Waals surface area contributed by atoms with Crippen LogP contribution >= 0.6 is 0 Å². The molecule has 7 nitrogen and oxygen atoms in total. The van der Waals surface area contributed by atoms with Gasteiger partial charge in [-0.25, -0.2) is 24.0 Å². The summed E-state index contributed by atoms with van der Waals surface area (Å²) in [7, 11) is 0. The number of amides is 2. The summed E-state index contributed by atoms with van der Waals surface area (Å²) in [5.74, 6) is -1.92.